The van der Waals surface area contributed by atoms with E-state index in [1.165, 1.54) is 24.0 Å². The van der Waals surface area contributed by atoms with Crippen LogP contribution in [-0.4, -0.2) is 17.7 Å². The minimum Gasteiger partial charge on any atom is -0.508 e. The van der Waals surface area contributed by atoms with Gasteiger partial charge in [-0.3, -0.25) is 0 Å². The average Bonchev–Trinajstić information content (AvgIpc) is 2.30. The molecule has 1 fully saturated rings. The topological polar surface area (TPSA) is 32.3 Å². The molecule has 0 saturated carbocycles. The van der Waals surface area contributed by atoms with Gasteiger partial charge in [-0.1, -0.05) is 26.3 Å². The third-order valence-electron chi connectivity index (χ3n) is 4.94. The molecule has 0 spiro atoms. The molecule has 1 aliphatic carbocycles. The number of rotatable bonds is 1. The number of benzene rings is 1. The molecule has 2 N–H and O–H groups in total. The maximum absolute atomic E-state index is 9.74. The summed E-state index contributed by atoms with van der Waals surface area (Å²) in [5.74, 6) is 1.11. The summed E-state index contributed by atoms with van der Waals surface area (Å²) >= 11 is 0. The van der Waals surface area contributed by atoms with Gasteiger partial charge in [-0.05, 0) is 54.0 Å². The number of aromatic hydroxyl groups is 1. The van der Waals surface area contributed by atoms with E-state index in [1.54, 1.807) is 0 Å². The van der Waals surface area contributed by atoms with Gasteiger partial charge in [0, 0.05) is 6.04 Å². The molecular formula is C15H21NO. The van der Waals surface area contributed by atoms with Crippen LogP contribution in [0.2, 0.25) is 0 Å². The van der Waals surface area contributed by atoms with E-state index >= 15 is 0 Å². The quantitative estimate of drug-likeness (QED) is 0.778. The molecule has 2 bridgehead atoms. The minimum atomic E-state index is 0.247. The molecule has 1 aliphatic heterocycles. The molecule has 2 nitrogen and oxygen atoms in total. The lowest BCUT2D eigenvalue weighted by molar-refractivity contribution is 0.137. The van der Waals surface area contributed by atoms with Crippen LogP contribution in [0, 0.1) is 5.92 Å². The molecule has 1 aromatic rings. The molecule has 1 heterocycles. The van der Waals surface area contributed by atoms with E-state index in [4.69, 9.17) is 0 Å². The summed E-state index contributed by atoms with van der Waals surface area (Å²) < 4.78 is 0. The SMILES string of the molecule is CC[C@H]1[C@H]2Cc3ccc(O)cc3[C@@]1(C)CCN2. The van der Waals surface area contributed by atoms with E-state index < -0.39 is 0 Å². The van der Waals surface area contributed by atoms with E-state index in [1.807, 2.05) is 12.1 Å². The molecule has 17 heavy (non-hydrogen) atoms. The lowest BCUT2D eigenvalue weighted by Crippen LogP contribution is -2.57. The second-order valence-corrected chi connectivity index (χ2v) is 5.79. The Labute approximate surface area is 103 Å². The summed E-state index contributed by atoms with van der Waals surface area (Å²) in [7, 11) is 0. The molecule has 1 aromatic carbocycles. The summed E-state index contributed by atoms with van der Waals surface area (Å²) in [6.07, 6.45) is 3.51. The summed E-state index contributed by atoms with van der Waals surface area (Å²) in [6, 6.07) is 6.55. The van der Waals surface area contributed by atoms with E-state index in [2.05, 4.69) is 25.2 Å². The standard InChI is InChI=1S/C15H21NO/c1-3-12-14-8-10-4-5-11(17)9-13(10)15(12,2)6-7-16-14/h4-5,9,12,14,16-17H,3,6-8H2,1-2H3/t12-,14+,15-/m0/s1. The van der Waals surface area contributed by atoms with Gasteiger partial charge in [0.2, 0.25) is 0 Å². The van der Waals surface area contributed by atoms with Gasteiger partial charge < -0.3 is 10.4 Å². The molecule has 0 radical (unpaired) electrons. The first-order chi connectivity index (χ1) is 8.15. The van der Waals surface area contributed by atoms with Crippen molar-refractivity contribution in [3.8, 4) is 5.75 Å². The molecule has 92 valence electrons. The molecule has 2 aliphatic rings. The maximum Gasteiger partial charge on any atom is 0.115 e. The van der Waals surface area contributed by atoms with Gasteiger partial charge in [0.1, 0.15) is 5.75 Å². The van der Waals surface area contributed by atoms with Crippen LogP contribution in [-0.2, 0) is 11.8 Å². The lowest BCUT2D eigenvalue weighted by Gasteiger charge is -2.51. The highest BCUT2D eigenvalue weighted by molar-refractivity contribution is 5.44. The summed E-state index contributed by atoms with van der Waals surface area (Å²) in [5, 5.41) is 13.4. The van der Waals surface area contributed by atoms with Crippen LogP contribution >= 0.6 is 0 Å². The second-order valence-electron chi connectivity index (χ2n) is 5.79. The van der Waals surface area contributed by atoms with Crippen molar-refractivity contribution in [1.82, 2.24) is 5.32 Å². The second kappa shape index (κ2) is 3.74. The van der Waals surface area contributed by atoms with Gasteiger partial charge in [0.25, 0.3) is 0 Å². The van der Waals surface area contributed by atoms with E-state index in [-0.39, 0.29) is 5.41 Å². The van der Waals surface area contributed by atoms with Crippen molar-refractivity contribution in [2.24, 2.45) is 5.92 Å². The zero-order chi connectivity index (χ0) is 12.0. The summed E-state index contributed by atoms with van der Waals surface area (Å²) in [6.45, 7) is 5.77. The number of phenols is 1. The Kier molecular flexibility index (Phi) is 2.44. The fourth-order valence-electron chi connectivity index (χ4n) is 4.08. The Balaban J connectivity index is 2.15. The molecule has 0 aromatic heterocycles. The van der Waals surface area contributed by atoms with Gasteiger partial charge in [-0.2, -0.15) is 0 Å². The normalized spacial score (nSPS) is 35.4. The molecule has 1 saturated heterocycles. The van der Waals surface area contributed by atoms with Crippen LogP contribution in [0.1, 0.15) is 37.8 Å². The van der Waals surface area contributed by atoms with Crippen LogP contribution in [0.4, 0.5) is 0 Å². The van der Waals surface area contributed by atoms with Gasteiger partial charge >= 0.3 is 0 Å². The van der Waals surface area contributed by atoms with E-state index in [0.717, 1.165) is 13.0 Å². The number of hydrogen-bond donors (Lipinski definition) is 2. The van der Waals surface area contributed by atoms with Gasteiger partial charge in [-0.25, -0.2) is 0 Å². The number of piperidine rings is 1. The van der Waals surface area contributed by atoms with Crippen LogP contribution in [0.3, 0.4) is 0 Å². The number of fused-ring (bicyclic) bond motifs is 4. The molecule has 3 rings (SSSR count). The highest BCUT2D eigenvalue weighted by atomic mass is 16.3. The number of nitrogens with one attached hydrogen (secondary N) is 1. The Hall–Kier alpha value is -1.02. The van der Waals surface area contributed by atoms with Crippen LogP contribution in [0.5, 0.6) is 5.75 Å². The van der Waals surface area contributed by atoms with E-state index in [0.29, 0.717) is 17.7 Å². The average molecular weight is 231 g/mol. The predicted octanol–water partition coefficient (Wildman–Crippen LogP) is 2.59. The molecule has 0 amide bonds. The highest BCUT2D eigenvalue weighted by Gasteiger charge is 2.46. The summed E-state index contributed by atoms with van der Waals surface area (Å²) in [5.41, 5.74) is 3.06. The lowest BCUT2D eigenvalue weighted by atomic mass is 9.58. The fourth-order valence-corrected chi connectivity index (χ4v) is 4.08. The number of hydrogen-bond acceptors (Lipinski definition) is 2. The van der Waals surface area contributed by atoms with Crippen molar-refractivity contribution in [3.63, 3.8) is 0 Å². The van der Waals surface area contributed by atoms with Crippen LogP contribution in [0.15, 0.2) is 18.2 Å². The van der Waals surface area contributed by atoms with Crippen molar-refractivity contribution >= 4 is 0 Å². The smallest absolute Gasteiger partial charge is 0.115 e. The van der Waals surface area contributed by atoms with Gasteiger partial charge in [0.15, 0.2) is 0 Å². The molecule has 3 atom stereocenters. The monoisotopic (exact) mass is 231 g/mol. The van der Waals surface area contributed by atoms with Gasteiger partial charge in [0.05, 0.1) is 0 Å². The Morgan fingerprint density at radius 3 is 3.06 bits per heavy atom. The van der Waals surface area contributed by atoms with Crippen molar-refractivity contribution in [2.45, 2.75) is 44.6 Å². The van der Waals surface area contributed by atoms with Crippen molar-refractivity contribution < 1.29 is 5.11 Å². The van der Waals surface area contributed by atoms with Crippen molar-refractivity contribution in [1.29, 1.82) is 0 Å². The van der Waals surface area contributed by atoms with E-state index in [9.17, 15) is 5.11 Å². The van der Waals surface area contributed by atoms with Crippen molar-refractivity contribution in [2.75, 3.05) is 6.54 Å². The molecule has 2 heteroatoms. The zero-order valence-corrected chi connectivity index (χ0v) is 10.7. The fraction of sp³-hybridized carbons (Fsp3) is 0.600. The first-order valence-electron chi connectivity index (χ1n) is 6.71. The highest BCUT2D eigenvalue weighted by Crippen LogP contribution is 2.48. The Morgan fingerprint density at radius 2 is 2.29 bits per heavy atom. The first-order valence-corrected chi connectivity index (χ1v) is 6.71. The van der Waals surface area contributed by atoms with Crippen LogP contribution < -0.4 is 5.32 Å². The minimum absolute atomic E-state index is 0.247. The third kappa shape index (κ3) is 1.50. The number of phenolic OH excluding ortho intramolecular Hbond substituents is 1. The molecule has 0 unspecified atom stereocenters. The largest absolute Gasteiger partial charge is 0.508 e. The maximum atomic E-state index is 9.74. The summed E-state index contributed by atoms with van der Waals surface area (Å²) in [4.78, 5) is 0. The van der Waals surface area contributed by atoms with Crippen molar-refractivity contribution in [3.05, 3.63) is 29.3 Å². The zero-order valence-electron chi connectivity index (χ0n) is 10.7. The Morgan fingerprint density at radius 1 is 1.47 bits per heavy atom. The predicted molar refractivity (Wildman–Crippen MR) is 69.4 cm³/mol. The Bertz CT molecular complexity index is 443. The van der Waals surface area contributed by atoms with Gasteiger partial charge in [-0.15, -0.1) is 0 Å². The molecular weight excluding hydrogens is 210 g/mol. The van der Waals surface area contributed by atoms with Crippen LogP contribution in [0.25, 0.3) is 0 Å². The third-order valence-corrected chi connectivity index (χ3v) is 4.94. The first kappa shape index (κ1) is 11.1.